The number of carbonyl (C=O) groups excluding carboxylic acids is 2. The molecule has 3 aromatic rings. The van der Waals surface area contributed by atoms with Crippen LogP contribution in [-0.2, 0) is 4.74 Å². The van der Waals surface area contributed by atoms with Crippen molar-refractivity contribution < 1.29 is 24.5 Å². The third-order valence-corrected chi connectivity index (χ3v) is 5.72. The molecule has 0 unspecified atom stereocenters. The van der Waals surface area contributed by atoms with Gasteiger partial charge in [-0.25, -0.2) is 4.79 Å². The molecule has 2 aromatic carbocycles. The molecule has 0 bridgehead atoms. The number of anilines is 1. The molecule has 1 saturated heterocycles. The van der Waals surface area contributed by atoms with E-state index in [0.29, 0.717) is 48.6 Å². The fourth-order valence-corrected chi connectivity index (χ4v) is 3.83. The molecule has 0 spiro atoms. The van der Waals surface area contributed by atoms with Gasteiger partial charge in [-0.2, -0.15) is 5.10 Å². The molecule has 166 valence electrons. The number of H-pyrrole nitrogens is 1. The number of phenolic OH excluding ortho intramolecular Hbond substituents is 2. The molecular weight excluding hydrogens is 436 g/mol. The van der Waals surface area contributed by atoms with Gasteiger partial charge in [0.2, 0.25) is 0 Å². The minimum atomic E-state index is -0.450. The van der Waals surface area contributed by atoms with E-state index in [1.807, 2.05) is 0 Å². The summed E-state index contributed by atoms with van der Waals surface area (Å²) < 4.78 is 4.68. The SMILES string of the molecule is COC(=O)c1ccc(C(=O)N2CCN(c3cn[nH]c3-c3cc(Cl)c(O)cc3O)CC2)cc1. The van der Waals surface area contributed by atoms with Gasteiger partial charge >= 0.3 is 5.97 Å². The Morgan fingerprint density at radius 1 is 1.03 bits per heavy atom. The lowest BCUT2D eigenvalue weighted by Crippen LogP contribution is -2.48. The van der Waals surface area contributed by atoms with Crippen LogP contribution in [0.3, 0.4) is 0 Å². The summed E-state index contributed by atoms with van der Waals surface area (Å²) in [4.78, 5) is 28.2. The average molecular weight is 457 g/mol. The highest BCUT2D eigenvalue weighted by molar-refractivity contribution is 6.32. The molecular formula is C22H21ClN4O5. The molecule has 32 heavy (non-hydrogen) atoms. The van der Waals surface area contributed by atoms with E-state index >= 15 is 0 Å². The number of methoxy groups -OCH3 is 1. The van der Waals surface area contributed by atoms with Crippen molar-refractivity contribution in [1.82, 2.24) is 15.1 Å². The van der Waals surface area contributed by atoms with E-state index in [2.05, 4.69) is 19.8 Å². The molecule has 4 rings (SSSR count). The van der Waals surface area contributed by atoms with E-state index in [1.165, 1.54) is 19.2 Å². The van der Waals surface area contributed by atoms with Crippen LogP contribution < -0.4 is 4.90 Å². The number of benzene rings is 2. The van der Waals surface area contributed by atoms with E-state index in [0.717, 1.165) is 5.69 Å². The molecule has 2 heterocycles. The lowest BCUT2D eigenvalue weighted by Gasteiger charge is -2.36. The van der Waals surface area contributed by atoms with Crippen molar-refractivity contribution in [3.05, 3.63) is 58.7 Å². The molecule has 1 amide bonds. The lowest BCUT2D eigenvalue weighted by molar-refractivity contribution is 0.0599. The maximum absolute atomic E-state index is 12.8. The maximum Gasteiger partial charge on any atom is 0.337 e. The third kappa shape index (κ3) is 4.06. The summed E-state index contributed by atoms with van der Waals surface area (Å²) in [6.45, 7) is 2.10. The van der Waals surface area contributed by atoms with Gasteiger partial charge in [-0.1, -0.05) is 11.6 Å². The van der Waals surface area contributed by atoms with E-state index in [-0.39, 0.29) is 22.4 Å². The van der Waals surface area contributed by atoms with Crippen molar-refractivity contribution in [2.75, 3.05) is 38.2 Å². The van der Waals surface area contributed by atoms with Crippen LogP contribution in [0.1, 0.15) is 20.7 Å². The zero-order chi connectivity index (χ0) is 22.8. The number of aromatic hydroxyl groups is 2. The van der Waals surface area contributed by atoms with Crippen LogP contribution in [0.5, 0.6) is 11.5 Å². The topological polar surface area (TPSA) is 119 Å². The number of esters is 1. The van der Waals surface area contributed by atoms with Crippen molar-refractivity contribution >= 4 is 29.2 Å². The fraction of sp³-hybridized carbons (Fsp3) is 0.227. The number of carbonyl (C=O) groups is 2. The number of nitrogens with one attached hydrogen (secondary N) is 1. The van der Waals surface area contributed by atoms with Gasteiger partial charge in [-0.3, -0.25) is 9.89 Å². The Kier molecular flexibility index (Phi) is 5.91. The van der Waals surface area contributed by atoms with Crippen molar-refractivity contribution in [3.63, 3.8) is 0 Å². The van der Waals surface area contributed by atoms with E-state index in [4.69, 9.17) is 11.6 Å². The average Bonchev–Trinajstić information content (AvgIpc) is 3.30. The Morgan fingerprint density at radius 3 is 2.34 bits per heavy atom. The molecule has 10 heteroatoms. The second-order valence-electron chi connectivity index (χ2n) is 7.30. The van der Waals surface area contributed by atoms with Crippen LogP contribution >= 0.6 is 11.6 Å². The second kappa shape index (κ2) is 8.80. The normalized spacial score (nSPS) is 13.8. The Bertz CT molecular complexity index is 1150. The molecule has 1 aromatic heterocycles. The predicted molar refractivity (Wildman–Crippen MR) is 118 cm³/mol. The highest BCUT2D eigenvalue weighted by Gasteiger charge is 2.25. The summed E-state index contributed by atoms with van der Waals surface area (Å²) in [6, 6.07) is 9.04. The zero-order valence-electron chi connectivity index (χ0n) is 17.2. The highest BCUT2D eigenvalue weighted by Crippen LogP contribution is 2.40. The number of ether oxygens (including phenoxy) is 1. The van der Waals surface area contributed by atoms with E-state index < -0.39 is 5.97 Å². The van der Waals surface area contributed by atoms with Crippen LogP contribution in [-0.4, -0.2) is 70.5 Å². The molecule has 1 fully saturated rings. The van der Waals surface area contributed by atoms with Gasteiger partial charge in [0.1, 0.15) is 11.5 Å². The van der Waals surface area contributed by atoms with Gasteiger partial charge in [-0.15, -0.1) is 0 Å². The molecule has 0 saturated carbocycles. The molecule has 0 atom stereocenters. The van der Waals surface area contributed by atoms with E-state index in [1.54, 1.807) is 35.4 Å². The Balaban J connectivity index is 1.46. The molecule has 0 radical (unpaired) electrons. The second-order valence-corrected chi connectivity index (χ2v) is 7.71. The van der Waals surface area contributed by atoms with Gasteiger partial charge in [-0.05, 0) is 30.3 Å². The van der Waals surface area contributed by atoms with Crippen molar-refractivity contribution in [2.45, 2.75) is 0 Å². The van der Waals surface area contributed by atoms with Crippen molar-refractivity contribution in [3.8, 4) is 22.8 Å². The molecule has 1 aliphatic heterocycles. The lowest BCUT2D eigenvalue weighted by atomic mass is 10.1. The molecule has 3 N–H and O–H groups in total. The predicted octanol–water partition coefficient (Wildman–Crippen LogP) is 2.89. The van der Waals surface area contributed by atoms with Gasteiger partial charge in [0.05, 0.1) is 35.3 Å². The van der Waals surface area contributed by atoms with Crippen LogP contribution in [0.2, 0.25) is 5.02 Å². The largest absolute Gasteiger partial charge is 0.507 e. The Hall–Kier alpha value is -3.72. The number of halogens is 1. The quantitative estimate of drug-likeness (QED) is 0.516. The summed E-state index contributed by atoms with van der Waals surface area (Å²) in [6.07, 6.45) is 1.65. The third-order valence-electron chi connectivity index (χ3n) is 5.41. The monoisotopic (exact) mass is 456 g/mol. The van der Waals surface area contributed by atoms with Gasteiger partial charge < -0.3 is 24.7 Å². The summed E-state index contributed by atoms with van der Waals surface area (Å²) in [5.74, 6) is -0.895. The van der Waals surface area contributed by atoms with Crippen molar-refractivity contribution in [2.24, 2.45) is 0 Å². The number of hydrogen-bond acceptors (Lipinski definition) is 7. The van der Waals surface area contributed by atoms with Gasteiger partial charge in [0.25, 0.3) is 5.91 Å². The van der Waals surface area contributed by atoms with Crippen LogP contribution in [0.25, 0.3) is 11.3 Å². The smallest absolute Gasteiger partial charge is 0.337 e. The number of phenols is 2. The summed E-state index contributed by atoms with van der Waals surface area (Å²) in [5, 5.41) is 27.0. The first-order chi connectivity index (χ1) is 15.4. The number of amides is 1. The number of rotatable bonds is 4. The highest BCUT2D eigenvalue weighted by atomic mass is 35.5. The Labute approximate surface area is 188 Å². The van der Waals surface area contributed by atoms with Gasteiger partial charge in [0, 0.05) is 43.4 Å². The van der Waals surface area contributed by atoms with E-state index in [9.17, 15) is 19.8 Å². The Morgan fingerprint density at radius 2 is 1.69 bits per heavy atom. The molecule has 9 nitrogen and oxygen atoms in total. The fourth-order valence-electron chi connectivity index (χ4n) is 3.67. The molecule has 0 aliphatic carbocycles. The van der Waals surface area contributed by atoms with Gasteiger partial charge in [0.15, 0.2) is 0 Å². The minimum absolute atomic E-state index is 0.114. The number of hydrogen-bond donors (Lipinski definition) is 3. The number of aromatic nitrogens is 2. The zero-order valence-corrected chi connectivity index (χ0v) is 18.0. The molecule has 1 aliphatic rings. The number of aromatic amines is 1. The maximum atomic E-state index is 12.8. The van der Waals surface area contributed by atoms with Crippen LogP contribution in [0.15, 0.2) is 42.6 Å². The van der Waals surface area contributed by atoms with Crippen molar-refractivity contribution in [1.29, 1.82) is 0 Å². The number of piperazine rings is 1. The summed E-state index contributed by atoms with van der Waals surface area (Å²) >= 11 is 6.01. The first-order valence-corrected chi connectivity index (χ1v) is 10.2. The van der Waals surface area contributed by atoms with Crippen LogP contribution in [0, 0.1) is 0 Å². The standard InChI is InChI=1S/C22H21ClN4O5/c1-32-22(31)14-4-2-13(3-5-14)21(30)27-8-6-26(7-9-27)17-12-24-25-20(17)15-10-16(23)19(29)11-18(15)28/h2-5,10-12,28-29H,6-9H2,1H3,(H,24,25). The summed E-state index contributed by atoms with van der Waals surface area (Å²) in [5.41, 5.74) is 2.64. The van der Waals surface area contributed by atoms with Crippen LogP contribution in [0.4, 0.5) is 5.69 Å². The first kappa shape index (κ1) is 21.5. The minimum Gasteiger partial charge on any atom is -0.507 e. The number of nitrogens with zero attached hydrogens (tertiary/aromatic N) is 3. The first-order valence-electron chi connectivity index (χ1n) is 9.87. The summed E-state index contributed by atoms with van der Waals surface area (Å²) in [7, 11) is 1.31.